The van der Waals surface area contributed by atoms with Crippen LogP contribution in [-0.2, 0) is 36.9 Å². The summed E-state index contributed by atoms with van der Waals surface area (Å²) in [6, 6.07) is 30.0. The lowest BCUT2D eigenvalue weighted by Crippen LogP contribution is -2.20. The van der Waals surface area contributed by atoms with Crippen molar-refractivity contribution >= 4 is 22.5 Å². The summed E-state index contributed by atoms with van der Waals surface area (Å²) in [6.45, 7) is 0. The number of rotatable bonds is 6. The summed E-state index contributed by atoms with van der Waals surface area (Å²) in [6.07, 6.45) is 3.21. The number of phenols is 1. The van der Waals surface area contributed by atoms with Crippen LogP contribution in [0, 0.1) is 0 Å². The van der Waals surface area contributed by atoms with Gasteiger partial charge >= 0.3 is 0 Å². The Labute approximate surface area is 215 Å². The number of aromatic hydroxyl groups is 1. The van der Waals surface area contributed by atoms with E-state index in [1.54, 1.807) is 6.07 Å². The zero-order valence-corrected chi connectivity index (χ0v) is 20.4. The second-order valence-electron chi connectivity index (χ2n) is 9.55. The first kappa shape index (κ1) is 22.9. The number of carbonyl (C=O) groups excluding carboxylic acids is 1. The van der Waals surface area contributed by atoms with Gasteiger partial charge < -0.3 is 10.4 Å². The van der Waals surface area contributed by atoms with Gasteiger partial charge in [0.2, 0.25) is 5.91 Å². The number of amides is 1. The van der Waals surface area contributed by atoms with Crippen LogP contribution < -0.4 is 5.32 Å². The van der Waals surface area contributed by atoms with Crippen molar-refractivity contribution in [2.24, 2.45) is 0 Å². The zero-order chi connectivity index (χ0) is 25.2. The quantitative estimate of drug-likeness (QED) is 0.306. The maximum Gasteiger partial charge on any atom is 0.229 e. The molecule has 1 aliphatic rings. The molecule has 1 heterocycles. The Kier molecular flexibility index (Phi) is 6.11. The summed E-state index contributed by atoms with van der Waals surface area (Å²) in [5.41, 5.74) is 6.74. The molecule has 0 unspecified atom stereocenters. The van der Waals surface area contributed by atoms with Gasteiger partial charge in [0.1, 0.15) is 5.75 Å². The van der Waals surface area contributed by atoms with Gasteiger partial charge in [-0.1, -0.05) is 72.8 Å². The van der Waals surface area contributed by atoms with Crippen LogP contribution >= 0.6 is 0 Å². The topological polar surface area (TPSA) is 75.1 Å². The third kappa shape index (κ3) is 4.94. The van der Waals surface area contributed by atoms with Gasteiger partial charge in [0.15, 0.2) is 5.82 Å². The molecule has 4 aromatic carbocycles. The Morgan fingerprint density at radius 1 is 0.784 bits per heavy atom. The van der Waals surface area contributed by atoms with Crippen LogP contribution in [0.5, 0.6) is 5.75 Å². The number of carbonyl (C=O) groups is 1. The summed E-state index contributed by atoms with van der Waals surface area (Å²) in [5, 5.41) is 15.3. The fourth-order valence-corrected chi connectivity index (χ4v) is 5.06. The fraction of sp³-hybridized carbons (Fsp3) is 0.156. The molecule has 0 fully saturated rings. The molecule has 5 aromatic rings. The highest BCUT2D eigenvalue weighted by molar-refractivity contribution is 5.93. The first-order chi connectivity index (χ1) is 18.1. The molecule has 1 aromatic heterocycles. The molecule has 182 valence electrons. The third-order valence-electron chi connectivity index (χ3n) is 6.94. The molecule has 0 atom stereocenters. The summed E-state index contributed by atoms with van der Waals surface area (Å²) >= 11 is 0. The van der Waals surface area contributed by atoms with E-state index in [1.807, 2.05) is 48.5 Å². The van der Waals surface area contributed by atoms with Crippen molar-refractivity contribution < 1.29 is 9.90 Å². The van der Waals surface area contributed by atoms with E-state index in [0.717, 1.165) is 57.4 Å². The van der Waals surface area contributed by atoms with E-state index < -0.39 is 0 Å². The number of fused-ring (bicyclic) bond motifs is 4. The summed E-state index contributed by atoms with van der Waals surface area (Å²) in [5.74, 6) is 0.700. The minimum Gasteiger partial charge on any atom is -0.508 e. The van der Waals surface area contributed by atoms with Gasteiger partial charge in [-0.05, 0) is 71.3 Å². The molecule has 0 bridgehead atoms. The number of benzene rings is 4. The summed E-state index contributed by atoms with van der Waals surface area (Å²) in [7, 11) is 0. The Morgan fingerprint density at radius 2 is 1.59 bits per heavy atom. The summed E-state index contributed by atoms with van der Waals surface area (Å²) in [4.78, 5) is 23.1. The van der Waals surface area contributed by atoms with E-state index in [0.29, 0.717) is 18.7 Å². The number of nitrogens with one attached hydrogen (secondary N) is 1. The number of hydrogen-bond acceptors (Lipinski definition) is 4. The number of hydrogen-bond donors (Lipinski definition) is 2. The molecular weight excluding hydrogens is 458 g/mol. The molecule has 0 saturated heterocycles. The van der Waals surface area contributed by atoms with Crippen LogP contribution in [0.4, 0.5) is 5.82 Å². The first-order valence-electron chi connectivity index (χ1n) is 12.7. The lowest BCUT2D eigenvalue weighted by atomic mass is 9.91. The second kappa shape index (κ2) is 9.86. The normalized spacial score (nSPS) is 12.1. The standard InChI is InChI=1S/C32H27N3O2/c36-26-14-15-27-25(20-26)13-17-28-31(27)33-29(16-11-21-6-2-1-3-7-21)32(34-28)35-30(37)19-22-10-12-23-8-4-5-9-24(23)18-22/h1-10,12,14-15,18,20,36H,11,13,16-17,19H2,(H,34,35,37). The van der Waals surface area contributed by atoms with E-state index in [1.165, 1.54) is 5.56 Å². The van der Waals surface area contributed by atoms with E-state index in [9.17, 15) is 9.90 Å². The Balaban J connectivity index is 1.30. The highest BCUT2D eigenvalue weighted by Gasteiger charge is 2.23. The van der Waals surface area contributed by atoms with Gasteiger partial charge in [-0.15, -0.1) is 0 Å². The largest absolute Gasteiger partial charge is 0.508 e. The first-order valence-corrected chi connectivity index (χ1v) is 12.7. The molecule has 0 aliphatic heterocycles. The maximum absolute atomic E-state index is 13.1. The Morgan fingerprint density at radius 3 is 2.46 bits per heavy atom. The number of anilines is 1. The summed E-state index contributed by atoms with van der Waals surface area (Å²) < 4.78 is 0. The molecule has 0 radical (unpaired) electrons. The van der Waals surface area contributed by atoms with Crippen molar-refractivity contribution in [3.05, 3.63) is 119 Å². The SMILES string of the molecule is O=C(Cc1ccc2ccccc2c1)Nc1nc2c(nc1CCc1ccccc1)-c1ccc(O)cc1CC2. The van der Waals surface area contributed by atoms with Crippen molar-refractivity contribution in [2.75, 3.05) is 5.32 Å². The van der Waals surface area contributed by atoms with Crippen LogP contribution in [0.3, 0.4) is 0 Å². The minimum absolute atomic E-state index is 0.105. The van der Waals surface area contributed by atoms with E-state index in [-0.39, 0.29) is 18.1 Å². The van der Waals surface area contributed by atoms with Crippen LogP contribution in [0.2, 0.25) is 0 Å². The molecule has 6 rings (SSSR count). The number of nitrogens with zero attached hydrogens (tertiary/aromatic N) is 2. The van der Waals surface area contributed by atoms with Gasteiger partial charge in [0, 0.05) is 5.56 Å². The molecule has 5 heteroatoms. The van der Waals surface area contributed by atoms with E-state index in [4.69, 9.17) is 9.97 Å². The average Bonchev–Trinajstić information content (AvgIpc) is 2.92. The molecular formula is C32H27N3O2. The van der Waals surface area contributed by atoms with Crippen LogP contribution in [-0.4, -0.2) is 21.0 Å². The monoisotopic (exact) mass is 485 g/mol. The minimum atomic E-state index is -0.105. The highest BCUT2D eigenvalue weighted by Crippen LogP contribution is 2.34. The molecule has 0 spiro atoms. The zero-order valence-electron chi connectivity index (χ0n) is 20.4. The lowest BCUT2D eigenvalue weighted by Gasteiger charge is -2.21. The highest BCUT2D eigenvalue weighted by atomic mass is 16.3. The van der Waals surface area contributed by atoms with Gasteiger partial charge in [-0.2, -0.15) is 0 Å². The van der Waals surface area contributed by atoms with Crippen LogP contribution in [0.15, 0.2) is 91.0 Å². The van der Waals surface area contributed by atoms with Gasteiger partial charge in [-0.25, -0.2) is 9.97 Å². The molecule has 2 N–H and O–H groups in total. The molecule has 1 aliphatic carbocycles. The van der Waals surface area contributed by atoms with Crippen molar-refractivity contribution in [3.8, 4) is 17.0 Å². The average molecular weight is 486 g/mol. The van der Waals surface area contributed by atoms with Gasteiger partial charge in [0.25, 0.3) is 0 Å². The smallest absolute Gasteiger partial charge is 0.229 e. The Bertz CT molecular complexity index is 1610. The molecule has 37 heavy (non-hydrogen) atoms. The second-order valence-corrected chi connectivity index (χ2v) is 9.55. The number of aryl methyl sites for hydroxylation is 4. The third-order valence-corrected chi connectivity index (χ3v) is 6.94. The van der Waals surface area contributed by atoms with Crippen LogP contribution in [0.1, 0.15) is 28.1 Å². The lowest BCUT2D eigenvalue weighted by molar-refractivity contribution is -0.115. The molecule has 0 saturated carbocycles. The Hall–Kier alpha value is -4.51. The van der Waals surface area contributed by atoms with Crippen LogP contribution in [0.25, 0.3) is 22.0 Å². The number of aromatic nitrogens is 2. The van der Waals surface area contributed by atoms with Gasteiger partial charge in [0.05, 0.1) is 23.5 Å². The van der Waals surface area contributed by atoms with Crippen molar-refractivity contribution in [1.82, 2.24) is 9.97 Å². The maximum atomic E-state index is 13.1. The van der Waals surface area contributed by atoms with Crippen molar-refractivity contribution in [3.63, 3.8) is 0 Å². The molecule has 1 amide bonds. The van der Waals surface area contributed by atoms with E-state index in [2.05, 4.69) is 41.7 Å². The number of phenolic OH excluding ortho intramolecular Hbond substituents is 1. The van der Waals surface area contributed by atoms with Gasteiger partial charge in [-0.3, -0.25) is 4.79 Å². The van der Waals surface area contributed by atoms with Crippen molar-refractivity contribution in [2.45, 2.75) is 32.1 Å². The predicted molar refractivity (Wildman–Crippen MR) is 147 cm³/mol. The predicted octanol–water partition coefficient (Wildman–Crippen LogP) is 6.07. The van der Waals surface area contributed by atoms with Crippen molar-refractivity contribution in [1.29, 1.82) is 0 Å². The van der Waals surface area contributed by atoms with E-state index >= 15 is 0 Å². The fourth-order valence-electron chi connectivity index (χ4n) is 5.06. The molecule has 5 nitrogen and oxygen atoms in total.